The number of benzene rings is 3. The molecule has 0 spiro atoms. The van der Waals surface area contributed by atoms with Crippen LogP contribution in [-0.4, -0.2) is 23.6 Å². The van der Waals surface area contributed by atoms with E-state index in [4.69, 9.17) is 9.73 Å². The second kappa shape index (κ2) is 8.16. The lowest BCUT2D eigenvalue weighted by molar-refractivity contribution is -0.384. The molecule has 1 heterocycles. The predicted octanol–water partition coefficient (Wildman–Crippen LogP) is 4.60. The summed E-state index contributed by atoms with van der Waals surface area (Å²) in [5.74, 6) is 1.37. The summed E-state index contributed by atoms with van der Waals surface area (Å²) < 4.78 is 5.23. The van der Waals surface area contributed by atoms with E-state index in [0.29, 0.717) is 11.5 Å². The molecule has 1 N–H and O–H groups in total. The van der Waals surface area contributed by atoms with Crippen molar-refractivity contribution >= 4 is 22.9 Å². The van der Waals surface area contributed by atoms with Crippen LogP contribution in [0.2, 0.25) is 0 Å². The van der Waals surface area contributed by atoms with Gasteiger partial charge in [-0.15, -0.1) is 0 Å². The average Bonchev–Trinajstić information content (AvgIpc) is 2.98. The van der Waals surface area contributed by atoms with Crippen LogP contribution in [0.25, 0.3) is 0 Å². The van der Waals surface area contributed by atoms with Crippen LogP contribution >= 0.6 is 0 Å². The van der Waals surface area contributed by atoms with Crippen molar-refractivity contribution in [3.63, 3.8) is 0 Å². The fourth-order valence-corrected chi connectivity index (χ4v) is 3.24. The van der Waals surface area contributed by atoms with Crippen molar-refractivity contribution in [2.24, 2.45) is 10.1 Å². The Morgan fingerprint density at radius 3 is 2.33 bits per heavy atom. The third kappa shape index (κ3) is 3.77. The topological polar surface area (TPSA) is 89.1 Å². The highest BCUT2D eigenvalue weighted by molar-refractivity contribution is 6.18. The van der Waals surface area contributed by atoms with Gasteiger partial charge in [-0.25, -0.2) is 4.99 Å². The maximum Gasteiger partial charge on any atom is 0.269 e. The van der Waals surface area contributed by atoms with E-state index in [-0.39, 0.29) is 5.69 Å². The molecule has 3 aromatic carbocycles. The Bertz CT molecular complexity index is 1150. The maximum atomic E-state index is 11.0. The van der Waals surface area contributed by atoms with Crippen LogP contribution < -0.4 is 10.2 Å². The SMILES string of the molecule is CCc1ccc2c(c1)C(c1ccc([N+](=O)[O-])cc1)=NNC(c1ccc(OC)cc1)=N2. The van der Waals surface area contributed by atoms with Gasteiger partial charge in [-0.05, 0) is 60.5 Å². The largest absolute Gasteiger partial charge is 0.497 e. The van der Waals surface area contributed by atoms with E-state index in [2.05, 4.69) is 23.5 Å². The van der Waals surface area contributed by atoms with Crippen molar-refractivity contribution in [1.29, 1.82) is 0 Å². The molecule has 0 atom stereocenters. The lowest BCUT2D eigenvalue weighted by Crippen LogP contribution is -2.19. The van der Waals surface area contributed by atoms with Crippen molar-refractivity contribution in [1.82, 2.24) is 5.43 Å². The van der Waals surface area contributed by atoms with E-state index in [9.17, 15) is 10.1 Å². The lowest BCUT2D eigenvalue weighted by Gasteiger charge is -2.09. The molecule has 0 bridgehead atoms. The standard InChI is InChI=1S/C23H20N4O3/c1-3-15-4-13-21-20(14-15)22(16-5-9-18(10-6-16)27(28)29)25-26-23(24-21)17-7-11-19(30-2)12-8-17/h4-14H,3H2,1-2H3,(H,24,26). The number of nitrogens with zero attached hydrogens (tertiary/aromatic N) is 3. The summed E-state index contributed by atoms with van der Waals surface area (Å²) >= 11 is 0. The van der Waals surface area contributed by atoms with E-state index in [1.54, 1.807) is 19.2 Å². The lowest BCUT2D eigenvalue weighted by atomic mass is 9.98. The van der Waals surface area contributed by atoms with Gasteiger partial charge in [-0.2, -0.15) is 5.10 Å². The fourth-order valence-electron chi connectivity index (χ4n) is 3.24. The van der Waals surface area contributed by atoms with Crippen molar-refractivity contribution in [2.45, 2.75) is 13.3 Å². The van der Waals surface area contributed by atoms with Crippen LogP contribution in [0.4, 0.5) is 11.4 Å². The van der Waals surface area contributed by atoms with Gasteiger partial charge in [0.05, 0.1) is 23.4 Å². The Morgan fingerprint density at radius 1 is 1.00 bits per heavy atom. The van der Waals surface area contributed by atoms with Gasteiger partial charge < -0.3 is 4.74 Å². The van der Waals surface area contributed by atoms with Crippen LogP contribution in [0.15, 0.2) is 76.8 Å². The highest BCUT2D eigenvalue weighted by atomic mass is 16.6. The second-order valence-corrected chi connectivity index (χ2v) is 6.77. The van der Waals surface area contributed by atoms with Gasteiger partial charge in [0.1, 0.15) is 5.75 Å². The van der Waals surface area contributed by atoms with Crippen LogP contribution in [0.5, 0.6) is 5.75 Å². The first-order chi connectivity index (χ1) is 14.6. The number of nitro groups is 1. The zero-order valence-corrected chi connectivity index (χ0v) is 16.6. The first-order valence-electron chi connectivity index (χ1n) is 9.54. The van der Waals surface area contributed by atoms with Crippen LogP contribution in [-0.2, 0) is 6.42 Å². The first-order valence-corrected chi connectivity index (χ1v) is 9.54. The number of aryl methyl sites for hydroxylation is 1. The molecule has 3 aromatic rings. The van der Waals surface area contributed by atoms with Crippen molar-refractivity contribution < 1.29 is 9.66 Å². The van der Waals surface area contributed by atoms with Crippen molar-refractivity contribution in [2.75, 3.05) is 7.11 Å². The van der Waals surface area contributed by atoms with E-state index >= 15 is 0 Å². The highest BCUT2D eigenvalue weighted by Gasteiger charge is 2.18. The summed E-state index contributed by atoms with van der Waals surface area (Å²) in [6.45, 7) is 2.09. The number of hydrogen-bond acceptors (Lipinski definition) is 6. The van der Waals surface area contributed by atoms with Gasteiger partial charge in [0.2, 0.25) is 0 Å². The van der Waals surface area contributed by atoms with Crippen molar-refractivity contribution in [3.8, 4) is 5.75 Å². The number of methoxy groups -OCH3 is 1. The molecule has 1 aliphatic heterocycles. The van der Waals surface area contributed by atoms with Gasteiger partial charge in [-0.3, -0.25) is 15.5 Å². The number of hydrogen-bond donors (Lipinski definition) is 1. The molecule has 4 rings (SSSR count). The molecular weight excluding hydrogens is 380 g/mol. The minimum absolute atomic E-state index is 0.0404. The van der Waals surface area contributed by atoms with Gasteiger partial charge in [-0.1, -0.05) is 13.0 Å². The van der Waals surface area contributed by atoms with Crippen molar-refractivity contribution in [3.05, 3.63) is 99.1 Å². The number of aliphatic imine (C=N–C) groups is 1. The number of nitrogens with one attached hydrogen (secondary N) is 1. The summed E-state index contributed by atoms with van der Waals surface area (Å²) in [5, 5.41) is 15.6. The summed E-state index contributed by atoms with van der Waals surface area (Å²) in [7, 11) is 1.62. The molecule has 0 saturated carbocycles. The van der Waals surface area contributed by atoms with Gasteiger partial charge in [0, 0.05) is 28.8 Å². The monoisotopic (exact) mass is 400 g/mol. The minimum Gasteiger partial charge on any atom is -0.497 e. The molecule has 1 aliphatic rings. The first kappa shape index (κ1) is 19.3. The number of fused-ring (bicyclic) bond motifs is 1. The van der Waals surface area contributed by atoms with Crippen LogP contribution in [0.3, 0.4) is 0 Å². The Labute approximate surface area is 173 Å². The smallest absolute Gasteiger partial charge is 0.269 e. The molecule has 0 unspecified atom stereocenters. The fraction of sp³-hybridized carbons (Fsp3) is 0.130. The molecule has 0 saturated heterocycles. The van der Waals surface area contributed by atoms with Crippen LogP contribution in [0, 0.1) is 10.1 Å². The normalized spacial score (nSPS) is 12.7. The molecule has 7 heteroatoms. The third-order valence-corrected chi connectivity index (χ3v) is 4.95. The summed E-state index contributed by atoms with van der Waals surface area (Å²) in [4.78, 5) is 15.4. The van der Waals surface area contributed by atoms with Gasteiger partial charge in [0.15, 0.2) is 5.84 Å². The number of hydrazone groups is 1. The van der Waals surface area contributed by atoms with E-state index in [0.717, 1.165) is 40.1 Å². The number of amidine groups is 1. The van der Waals surface area contributed by atoms with Gasteiger partial charge >= 0.3 is 0 Å². The second-order valence-electron chi connectivity index (χ2n) is 6.77. The average molecular weight is 400 g/mol. The summed E-state index contributed by atoms with van der Waals surface area (Å²) in [5.41, 5.74) is 8.25. The molecule has 0 aromatic heterocycles. The Hall–Kier alpha value is -4.00. The van der Waals surface area contributed by atoms with Gasteiger partial charge in [0.25, 0.3) is 5.69 Å². The molecule has 30 heavy (non-hydrogen) atoms. The zero-order valence-electron chi connectivity index (χ0n) is 16.6. The van der Waals surface area contributed by atoms with E-state index in [1.165, 1.54) is 12.1 Å². The predicted molar refractivity (Wildman–Crippen MR) is 117 cm³/mol. The summed E-state index contributed by atoms with van der Waals surface area (Å²) in [6, 6.07) is 20.0. The Morgan fingerprint density at radius 2 is 1.70 bits per heavy atom. The molecule has 0 radical (unpaired) electrons. The van der Waals surface area contributed by atoms with Crippen LogP contribution in [0.1, 0.15) is 29.2 Å². The van der Waals surface area contributed by atoms with E-state index in [1.807, 2.05) is 36.4 Å². The molecule has 0 aliphatic carbocycles. The maximum absolute atomic E-state index is 11.0. The summed E-state index contributed by atoms with van der Waals surface area (Å²) in [6.07, 6.45) is 0.878. The number of rotatable bonds is 5. The molecule has 150 valence electrons. The molecular formula is C23H20N4O3. The Balaban J connectivity index is 1.81. The quantitative estimate of drug-likeness (QED) is 0.501. The Kier molecular flexibility index (Phi) is 5.26. The minimum atomic E-state index is -0.412. The third-order valence-electron chi connectivity index (χ3n) is 4.95. The highest BCUT2D eigenvalue weighted by Crippen LogP contribution is 2.28. The molecule has 0 fully saturated rings. The number of non-ortho nitro benzene ring substituents is 1. The number of ether oxygens (including phenoxy) is 1. The molecule has 7 nitrogen and oxygen atoms in total. The number of nitro benzene ring substituents is 1. The zero-order chi connectivity index (χ0) is 21.1. The van der Waals surface area contributed by atoms with E-state index < -0.39 is 4.92 Å². The molecule has 0 amide bonds.